The number of fused-ring (bicyclic) bond motifs is 1. The first-order valence-electron chi connectivity index (χ1n) is 11.3. The maximum absolute atomic E-state index is 12.4. The summed E-state index contributed by atoms with van der Waals surface area (Å²) < 4.78 is 12.1. The summed E-state index contributed by atoms with van der Waals surface area (Å²) in [6.45, 7) is 7.04. The number of thioether (sulfide) groups is 1. The number of nitrogens with zero attached hydrogens (tertiary/aromatic N) is 1. The zero-order valence-electron chi connectivity index (χ0n) is 19.4. The number of hydrogen-bond donors (Lipinski definition) is 0. The molecule has 0 radical (unpaired) electrons. The van der Waals surface area contributed by atoms with Crippen molar-refractivity contribution in [1.29, 1.82) is 0 Å². The lowest BCUT2D eigenvalue weighted by Crippen LogP contribution is -2.52. The van der Waals surface area contributed by atoms with Gasteiger partial charge in [0.1, 0.15) is 17.0 Å². The fourth-order valence-corrected chi connectivity index (χ4v) is 5.34. The minimum atomic E-state index is -0.470. The van der Waals surface area contributed by atoms with Crippen LogP contribution < -0.4 is 4.74 Å². The number of piperidine rings is 1. The van der Waals surface area contributed by atoms with Gasteiger partial charge in [-0.1, -0.05) is 29.8 Å². The third kappa shape index (κ3) is 5.20. The SMILES string of the molecule is CSCc1ccc(-c2ccc3c(c2)CCC2(CCN(C(=O)OC(C)(C)C)CC2)O3)c(Cl)c1. The largest absolute Gasteiger partial charge is 0.487 e. The molecule has 6 heteroatoms. The molecule has 1 fully saturated rings. The van der Waals surface area contributed by atoms with Gasteiger partial charge in [0.05, 0.1) is 0 Å². The number of carbonyl (C=O) groups is 1. The maximum Gasteiger partial charge on any atom is 0.410 e. The first kappa shape index (κ1) is 23.3. The number of rotatable bonds is 3. The Hall–Kier alpha value is -1.85. The standard InChI is InChI=1S/C26H32ClNO3S/c1-25(2,3)31-24(29)28-13-11-26(12-14-28)10-9-20-16-19(6-8-23(20)30-26)21-7-5-18(17-32-4)15-22(21)27/h5-8,15-16H,9-14,17H2,1-4H3. The van der Waals surface area contributed by atoms with Crippen LogP contribution in [0.15, 0.2) is 36.4 Å². The van der Waals surface area contributed by atoms with Crippen molar-refractivity contribution < 1.29 is 14.3 Å². The van der Waals surface area contributed by atoms with Crippen molar-refractivity contribution in [2.24, 2.45) is 0 Å². The quantitative estimate of drug-likeness (QED) is 0.482. The minimum Gasteiger partial charge on any atom is -0.487 e. The highest BCUT2D eigenvalue weighted by Gasteiger charge is 2.41. The van der Waals surface area contributed by atoms with Crippen LogP contribution in [0.5, 0.6) is 5.75 Å². The molecule has 4 nitrogen and oxygen atoms in total. The van der Waals surface area contributed by atoms with E-state index in [0.717, 1.165) is 53.3 Å². The van der Waals surface area contributed by atoms with Crippen molar-refractivity contribution in [2.45, 2.75) is 63.4 Å². The topological polar surface area (TPSA) is 38.8 Å². The van der Waals surface area contributed by atoms with Gasteiger partial charge in [0.25, 0.3) is 0 Å². The Kier molecular flexibility index (Phi) is 6.69. The summed E-state index contributed by atoms with van der Waals surface area (Å²) in [6.07, 6.45) is 5.46. The second-order valence-corrected chi connectivity index (χ2v) is 11.1. The van der Waals surface area contributed by atoms with Gasteiger partial charge in [0.2, 0.25) is 0 Å². The van der Waals surface area contributed by atoms with E-state index < -0.39 is 5.60 Å². The lowest BCUT2D eigenvalue weighted by Gasteiger charge is -2.44. The van der Waals surface area contributed by atoms with Crippen molar-refractivity contribution in [1.82, 2.24) is 4.90 Å². The Morgan fingerprint density at radius 1 is 1.16 bits per heavy atom. The van der Waals surface area contributed by atoms with E-state index in [1.54, 1.807) is 16.7 Å². The molecule has 1 spiro atoms. The van der Waals surface area contributed by atoms with E-state index >= 15 is 0 Å². The first-order chi connectivity index (χ1) is 15.2. The second-order valence-electron chi connectivity index (χ2n) is 9.82. The lowest BCUT2D eigenvalue weighted by atomic mass is 9.82. The maximum atomic E-state index is 12.4. The average molecular weight is 474 g/mol. The van der Waals surface area contributed by atoms with Crippen LogP contribution in [-0.2, 0) is 16.9 Å². The molecule has 0 saturated carbocycles. The van der Waals surface area contributed by atoms with Gasteiger partial charge >= 0.3 is 6.09 Å². The highest BCUT2D eigenvalue weighted by Crippen LogP contribution is 2.41. The van der Waals surface area contributed by atoms with E-state index in [4.69, 9.17) is 21.1 Å². The molecular formula is C26H32ClNO3S. The number of ether oxygens (including phenoxy) is 2. The summed E-state index contributed by atoms with van der Waals surface area (Å²) in [5, 5.41) is 0.791. The van der Waals surface area contributed by atoms with Crippen LogP contribution in [-0.4, -0.2) is 41.5 Å². The molecule has 32 heavy (non-hydrogen) atoms. The Balaban J connectivity index is 1.44. The summed E-state index contributed by atoms with van der Waals surface area (Å²) in [7, 11) is 0. The molecule has 1 saturated heterocycles. The molecule has 0 bridgehead atoms. The van der Waals surface area contributed by atoms with Crippen LogP contribution >= 0.6 is 23.4 Å². The average Bonchev–Trinajstić information content (AvgIpc) is 2.73. The van der Waals surface area contributed by atoms with Gasteiger partial charge in [0.15, 0.2) is 0 Å². The van der Waals surface area contributed by atoms with Gasteiger partial charge in [-0.2, -0.15) is 11.8 Å². The third-order valence-corrected chi connectivity index (χ3v) is 7.15. The summed E-state index contributed by atoms with van der Waals surface area (Å²) in [4.78, 5) is 14.2. The molecule has 172 valence electrons. The van der Waals surface area contributed by atoms with Gasteiger partial charge in [-0.25, -0.2) is 4.79 Å². The highest BCUT2D eigenvalue weighted by molar-refractivity contribution is 7.97. The van der Waals surface area contributed by atoms with E-state index in [2.05, 4.69) is 42.7 Å². The normalized spacial score (nSPS) is 17.6. The van der Waals surface area contributed by atoms with Crippen molar-refractivity contribution in [2.75, 3.05) is 19.3 Å². The van der Waals surface area contributed by atoms with Gasteiger partial charge in [-0.3, -0.25) is 0 Å². The molecule has 4 rings (SSSR count). The number of likely N-dealkylation sites (tertiary alicyclic amines) is 1. The fourth-order valence-electron chi connectivity index (χ4n) is 4.51. The summed E-state index contributed by atoms with van der Waals surface area (Å²) in [6, 6.07) is 12.7. The van der Waals surface area contributed by atoms with Crippen molar-refractivity contribution in [3.63, 3.8) is 0 Å². The molecule has 0 N–H and O–H groups in total. The van der Waals surface area contributed by atoms with E-state index in [1.807, 2.05) is 20.8 Å². The summed E-state index contributed by atoms with van der Waals surface area (Å²) in [5.41, 5.74) is 4.00. The molecule has 2 aromatic rings. The fraction of sp³-hybridized carbons (Fsp3) is 0.500. The number of halogens is 1. The van der Waals surface area contributed by atoms with Crippen molar-refractivity contribution in [3.8, 4) is 16.9 Å². The van der Waals surface area contributed by atoms with Crippen LogP contribution in [0.1, 0.15) is 51.2 Å². The molecule has 0 aromatic heterocycles. The third-order valence-electron chi connectivity index (χ3n) is 6.22. The zero-order valence-corrected chi connectivity index (χ0v) is 20.9. The molecule has 0 atom stereocenters. The van der Waals surface area contributed by atoms with Gasteiger partial charge in [-0.05, 0) is 74.8 Å². The Morgan fingerprint density at radius 2 is 1.91 bits per heavy atom. The Bertz CT molecular complexity index is 993. The first-order valence-corrected chi connectivity index (χ1v) is 13.0. The van der Waals surface area contributed by atoms with E-state index in [9.17, 15) is 4.79 Å². The van der Waals surface area contributed by atoms with E-state index in [0.29, 0.717) is 13.1 Å². The number of aryl methyl sites for hydroxylation is 1. The van der Waals surface area contributed by atoms with Gasteiger partial charge < -0.3 is 14.4 Å². The minimum absolute atomic E-state index is 0.190. The molecule has 2 aliphatic heterocycles. The van der Waals surface area contributed by atoms with E-state index in [-0.39, 0.29) is 11.7 Å². The number of amides is 1. The molecule has 0 unspecified atom stereocenters. The molecular weight excluding hydrogens is 442 g/mol. The van der Waals surface area contributed by atoms with Crippen LogP contribution in [0.3, 0.4) is 0 Å². The van der Waals surface area contributed by atoms with Crippen LogP contribution in [0.2, 0.25) is 5.02 Å². The number of hydrogen-bond acceptors (Lipinski definition) is 4. The predicted molar refractivity (Wildman–Crippen MR) is 133 cm³/mol. The van der Waals surface area contributed by atoms with Crippen LogP contribution in [0.4, 0.5) is 4.79 Å². The number of carbonyl (C=O) groups excluding carboxylic acids is 1. The summed E-state index contributed by atoms with van der Waals surface area (Å²) >= 11 is 8.39. The molecule has 2 heterocycles. The van der Waals surface area contributed by atoms with E-state index in [1.165, 1.54) is 11.1 Å². The molecule has 1 amide bonds. The van der Waals surface area contributed by atoms with Crippen LogP contribution in [0, 0.1) is 0 Å². The molecule has 0 aliphatic carbocycles. The smallest absolute Gasteiger partial charge is 0.410 e. The van der Waals surface area contributed by atoms with Gasteiger partial charge in [-0.15, -0.1) is 0 Å². The summed E-state index contributed by atoms with van der Waals surface area (Å²) in [5.74, 6) is 1.92. The molecule has 2 aromatic carbocycles. The number of benzene rings is 2. The van der Waals surface area contributed by atoms with Crippen molar-refractivity contribution >= 4 is 29.5 Å². The monoisotopic (exact) mass is 473 g/mol. The zero-order chi connectivity index (χ0) is 22.9. The van der Waals surface area contributed by atoms with Crippen molar-refractivity contribution in [3.05, 3.63) is 52.5 Å². The van der Waals surface area contributed by atoms with Gasteiger partial charge in [0, 0.05) is 42.3 Å². The second kappa shape index (κ2) is 9.18. The Morgan fingerprint density at radius 3 is 2.56 bits per heavy atom. The predicted octanol–water partition coefficient (Wildman–Crippen LogP) is 6.96. The Labute approximate surface area is 200 Å². The highest BCUT2D eigenvalue weighted by atomic mass is 35.5. The lowest BCUT2D eigenvalue weighted by molar-refractivity contribution is -0.0272. The van der Waals surface area contributed by atoms with Crippen LogP contribution in [0.25, 0.3) is 11.1 Å². The molecule has 2 aliphatic rings.